The van der Waals surface area contributed by atoms with E-state index in [0.717, 1.165) is 5.56 Å². The van der Waals surface area contributed by atoms with Crippen LogP contribution in [0.3, 0.4) is 0 Å². The van der Waals surface area contributed by atoms with E-state index in [4.69, 9.17) is 11.6 Å². The van der Waals surface area contributed by atoms with E-state index in [0.29, 0.717) is 23.0 Å². The number of carbonyl (C=O) groups excluding carboxylic acids is 2. The molecule has 1 atom stereocenters. The van der Waals surface area contributed by atoms with Gasteiger partial charge in [-0.15, -0.1) is 10.2 Å². The van der Waals surface area contributed by atoms with Gasteiger partial charge in [0, 0.05) is 30.2 Å². The van der Waals surface area contributed by atoms with E-state index in [1.807, 2.05) is 5.32 Å². The summed E-state index contributed by atoms with van der Waals surface area (Å²) in [6, 6.07) is 4.40. The van der Waals surface area contributed by atoms with Crippen LogP contribution in [0, 0.1) is 6.92 Å². The number of likely N-dealkylation sites (tertiary alicyclic amines) is 1. The van der Waals surface area contributed by atoms with Gasteiger partial charge in [-0.3, -0.25) is 9.59 Å². The Morgan fingerprint density at radius 1 is 1.37 bits per heavy atom. The number of halogens is 4. The maximum absolute atomic E-state index is 12.4. The normalized spacial score (nSPS) is 17.0. The summed E-state index contributed by atoms with van der Waals surface area (Å²) in [5.74, 6) is -1.85. The molecule has 1 fully saturated rings. The number of carbonyl (C=O) groups is 2. The van der Waals surface area contributed by atoms with Crippen LogP contribution in [0.1, 0.15) is 23.4 Å². The van der Waals surface area contributed by atoms with Gasteiger partial charge >= 0.3 is 12.1 Å². The van der Waals surface area contributed by atoms with Gasteiger partial charge in [0.25, 0.3) is 0 Å². The average Bonchev–Trinajstić information content (AvgIpc) is 3.29. The maximum atomic E-state index is 12.4. The number of aromatic nitrogens is 4. The molecule has 1 aliphatic heterocycles. The minimum absolute atomic E-state index is 0.0145. The third-order valence-electron chi connectivity index (χ3n) is 4.47. The van der Waals surface area contributed by atoms with Crippen molar-refractivity contribution < 1.29 is 22.8 Å². The molecule has 0 unspecified atom stereocenters. The molecule has 12 heteroatoms. The first-order valence-corrected chi connectivity index (χ1v) is 9.37. The van der Waals surface area contributed by atoms with Crippen LogP contribution in [-0.4, -0.2) is 62.2 Å². The first-order chi connectivity index (χ1) is 14.1. The molecular weight excluding hydrogens is 425 g/mol. The predicted octanol–water partition coefficient (Wildman–Crippen LogP) is 1.98. The zero-order chi connectivity index (χ0) is 21.9. The van der Waals surface area contributed by atoms with Crippen molar-refractivity contribution in [2.45, 2.75) is 32.1 Å². The van der Waals surface area contributed by atoms with E-state index < -0.39 is 18.1 Å². The summed E-state index contributed by atoms with van der Waals surface area (Å²) in [4.78, 5) is 26.3. The smallest absolute Gasteiger partial charge is 0.344 e. The summed E-state index contributed by atoms with van der Waals surface area (Å²) in [6.07, 6.45) is -1.76. The standard InChI is InChI=1S/C18H18ClF3N6O2/c1-11-24-26-28(25-11)9-13-8-14(19)4-2-12(13)3-5-16(29)27-7-6-15(10-27)23-17(30)18(20,21)22/h2-5,8,15H,6-7,9-10H2,1H3,(H,23,30)/b5-3+/t15-/m0/s1. The lowest BCUT2D eigenvalue weighted by Crippen LogP contribution is -2.44. The quantitative estimate of drug-likeness (QED) is 0.715. The molecule has 160 valence electrons. The minimum atomic E-state index is -4.94. The number of amides is 2. The van der Waals surface area contributed by atoms with Gasteiger partial charge in [-0.1, -0.05) is 17.7 Å². The SMILES string of the molecule is Cc1nnn(Cc2cc(Cl)ccc2/C=C/C(=O)N2CC[C@H](NC(=O)C(F)(F)F)C2)n1. The second-order valence-electron chi connectivity index (χ2n) is 6.78. The lowest BCUT2D eigenvalue weighted by Gasteiger charge is -2.16. The predicted molar refractivity (Wildman–Crippen MR) is 101 cm³/mol. The Hall–Kier alpha value is -2.95. The molecule has 2 amide bonds. The summed E-state index contributed by atoms with van der Waals surface area (Å²) >= 11 is 6.06. The van der Waals surface area contributed by atoms with Crippen LogP contribution in [0.5, 0.6) is 0 Å². The zero-order valence-corrected chi connectivity index (χ0v) is 16.6. The second kappa shape index (κ2) is 8.82. The molecule has 2 aromatic rings. The molecule has 1 aliphatic rings. The van der Waals surface area contributed by atoms with Crippen molar-refractivity contribution >= 4 is 29.5 Å². The van der Waals surface area contributed by atoms with Crippen LogP contribution < -0.4 is 5.32 Å². The van der Waals surface area contributed by atoms with Gasteiger partial charge < -0.3 is 10.2 Å². The first-order valence-electron chi connectivity index (χ1n) is 8.99. The van der Waals surface area contributed by atoms with Crippen LogP contribution in [0.2, 0.25) is 5.02 Å². The highest BCUT2D eigenvalue weighted by Crippen LogP contribution is 2.20. The highest BCUT2D eigenvalue weighted by Gasteiger charge is 2.40. The van der Waals surface area contributed by atoms with Crippen molar-refractivity contribution in [3.63, 3.8) is 0 Å². The Balaban J connectivity index is 1.64. The Labute approximate surface area is 174 Å². The summed E-state index contributed by atoms with van der Waals surface area (Å²) in [5, 5.41) is 14.2. The largest absolute Gasteiger partial charge is 0.471 e. The van der Waals surface area contributed by atoms with Crippen molar-refractivity contribution in [3.8, 4) is 0 Å². The molecular formula is C18H18ClF3N6O2. The summed E-state index contributed by atoms with van der Waals surface area (Å²) in [6.45, 7) is 2.27. The maximum Gasteiger partial charge on any atom is 0.471 e. The van der Waals surface area contributed by atoms with E-state index >= 15 is 0 Å². The first kappa shape index (κ1) is 21.8. The lowest BCUT2D eigenvalue weighted by atomic mass is 10.1. The van der Waals surface area contributed by atoms with Gasteiger partial charge in [0.1, 0.15) is 0 Å². The fourth-order valence-corrected chi connectivity index (χ4v) is 3.22. The number of rotatable bonds is 5. The van der Waals surface area contributed by atoms with E-state index in [-0.39, 0.29) is 25.4 Å². The molecule has 0 spiro atoms. The number of nitrogens with one attached hydrogen (secondary N) is 1. The molecule has 8 nitrogen and oxygen atoms in total. The van der Waals surface area contributed by atoms with Crippen molar-refractivity contribution in [3.05, 3.63) is 46.2 Å². The summed E-state index contributed by atoms with van der Waals surface area (Å²) < 4.78 is 37.1. The molecule has 0 bridgehead atoms. The van der Waals surface area contributed by atoms with Gasteiger partial charge in [0.05, 0.1) is 6.54 Å². The van der Waals surface area contributed by atoms with Crippen molar-refractivity contribution in [2.24, 2.45) is 0 Å². The molecule has 1 aromatic heterocycles. The number of nitrogens with zero attached hydrogens (tertiary/aromatic N) is 5. The highest BCUT2D eigenvalue weighted by molar-refractivity contribution is 6.30. The Morgan fingerprint density at radius 2 is 2.13 bits per heavy atom. The van der Waals surface area contributed by atoms with Gasteiger partial charge in [-0.05, 0) is 47.9 Å². The molecule has 0 saturated carbocycles. The molecule has 0 radical (unpaired) electrons. The third-order valence-corrected chi connectivity index (χ3v) is 4.70. The van der Waals surface area contributed by atoms with Crippen molar-refractivity contribution in [1.82, 2.24) is 30.4 Å². The number of tetrazole rings is 1. The van der Waals surface area contributed by atoms with Crippen LogP contribution in [0.4, 0.5) is 13.2 Å². The van der Waals surface area contributed by atoms with Gasteiger partial charge in [0.15, 0.2) is 5.82 Å². The highest BCUT2D eigenvalue weighted by atomic mass is 35.5. The number of benzene rings is 1. The van der Waals surface area contributed by atoms with Crippen molar-refractivity contribution in [2.75, 3.05) is 13.1 Å². The van der Waals surface area contributed by atoms with E-state index in [9.17, 15) is 22.8 Å². The molecule has 0 aliphatic carbocycles. The summed E-state index contributed by atoms with van der Waals surface area (Å²) in [7, 11) is 0. The van der Waals surface area contributed by atoms with E-state index in [1.165, 1.54) is 15.8 Å². The summed E-state index contributed by atoms with van der Waals surface area (Å²) in [5.41, 5.74) is 1.48. The fourth-order valence-electron chi connectivity index (χ4n) is 3.03. The number of aryl methyl sites for hydroxylation is 1. The number of alkyl halides is 3. The van der Waals surface area contributed by atoms with Gasteiger partial charge in [-0.25, -0.2) is 0 Å². The molecule has 1 saturated heterocycles. The number of hydrogen-bond acceptors (Lipinski definition) is 5. The van der Waals surface area contributed by atoms with Crippen molar-refractivity contribution in [1.29, 1.82) is 0 Å². The zero-order valence-electron chi connectivity index (χ0n) is 15.9. The van der Waals surface area contributed by atoms with Gasteiger partial charge in [0.2, 0.25) is 5.91 Å². The number of hydrogen-bond donors (Lipinski definition) is 1. The van der Waals surface area contributed by atoms with Gasteiger partial charge in [-0.2, -0.15) is 18.0 Å². The Morgan fingerprint density at radius 3 is 2.80 bits per heavy atom. The van der Waals surface area contributed by atoms with Crippen LogP contribution in [0.25, 0.3) is 6.08 Å². The monoisotopic (exact) mass is 442 g/mol. The molecule has 2 heterocycles. The van der Waals surface area contributed by atoms with Crippen LogP contribution in [-0.2, 0) is 16.1 Å². The van der Waals surface area contributed by atoms with Crippen LogP contribution in [0.15, 0.2) is 24.3 Å². The fraction of sp³-hybridized carbons (Fsp3) is 0.389. The molecule has 1 aromatic carbocycles. The Kier molecular flexibility index (Phi) is 6.40. The Bertz CT molecular complexity index is 975. The molecule has 30 heavy (non-hydrogen) atoms. The van der Waals surface area contributed by atoms with E-state index in [1.54, 1.807) is 31.2 Å². The molecule has 1 N–H and O–H groups in total. The third kappa shape index (κ3) is 5.56. The average molecular weight is 443 g/mol. The topological polar surface area (TPSA) is 93.0 Å². The minimum Gasteiger partial charge on any atom is -0.344 e. The van der Waals surface area contributed by atoms with E-state index in [2.05, 4.69) is 15.4 Å². The lowest BCUT2D eigenvalue weighted by molar-refractivity contribution is -0.174. The molecule has 3 rings (SSSR count). The second-order valence-corrected chi connectivity index (χ2v) is 7.22. The van der Waals surface area contributed by atoms with Crippen LogP contribution >= 0.6 is 11.6 Å².